The van der Waals surface area contributed by atoms with Gasteiger partial charge in [-0.1, -0.05) is 12.1 Å². The quantitative estimate of drug-likeness (QED) is 0.908. The van der Waals surface area contributed by atoms with Crippen LogP contribution in [0.15, 0.2) is 4.52 Å². The minimum Gasteiger partial charge on any atom is -0.383 e. The molecule has 0 saturated carbocycles. The van der Waals surface area contributed by atoms with Crippen molar-refractivity contribution in [1.82, 2.24) is 10.1 Å². The lowest BCUT2D eigenvalue weighted by atomic mass is 9.89. The van der Waals surface area contributed by atoms with Crippen molar-refractivity contribution in [1.29, 1.82) is 0 Å². The van der Waals surface area contributed by atoms with Crippen molar-refractivity contribution in [2.45, 2.75) is 52.3 Å². The summed E-state index contributed by atoms with van der Waals surface area (Å²) in [6, 6.07) is 0. The van der Waals surface area contributed by atoms with Gasteiger partial charge in [0, 0.05) is 24.6 Å². The number of aliphatic hydroxyl groups excluding tert-OH is 1. The lowest BCUT2D eigenvalue weighted by Crippen LogP contribution is -2.46. The molecule has 2 atom stereocenters. The van der Waals surface area contributed by atoms with E-state index in [1.165, 1.54) is 0 Å². The molecule has 0 bridgehead atoms. The number of halogens is 3. The summed E-state index contributed by atoms with van der Waals surface area (Å²) >= 11 is 0. The van der Waals surface area contributed by atoms with E-state index in [9.17, 15) is 23.1 Å². The predicted molar refractivity (Wildman–Crippen MR) is 80.2 cm³/mol. The lowest BCUT2D eigenvalue weighted by Gasteiger charge is -2.36. The summed E-state index contributed by atoms with van der Waals surface area (Å²) in [6.07, 6.45) is -6.11. The normalized spacial score (nSPS) is 19.4. The zero-order valence-electron chi connectivity index (χ0n) is 14.1. The zero-order chi connectivity index (χ0) is 18.1. The molecule has 0 radical (unpaired) electrons. The molecule has 1 aromatic rings. The Labute approximate surface area is 138 Å². The van der Waals surface area contributed by atoms with Gasteiger partial charge in [0.25, 0.3) is 0 Å². The highest BCUT2D eigenvalue weighted by molar-refractivity contribution is 5.79. The van der Waals surface area contributed by atoms with Crippen molar-refractivity contribution >= 4 is 5.91 Å². The summed E-state index contributed by atoms with van der Waals surface area (Å²) in [4.78, 5) is 14.1. The van der Waals surface area contributed by atoms with Gasteiger partial charge in [-0.3, -0.25) is 4.79 Å². The number of carbonyl (C=O) groups is 1. The number of aromatic nitrogens is 1. The second-order valence-corrected chi connectivity index (χ2v) is 6.56. The Bertz CT molecular complexity index is 558. The lowest BCUT2D eigenvalue weighted by molar-refractivity contribution is -0.223. The van der Waals surface area contributed by atoms with Gasteiger partial charge in [0.2, 0.25) is 5.91 Å². The van der Waals surface area contributed by atoms with Gasteiger partial charge in [-0.25, -0.2) is 0 Å². The molecule has 136 valence electrons. The number of aliphatic hydroxyl groups is 1. The van der Waals surface area contributed by atoms with Crippen molar-refractivity contribution in [3.05, 3.63) is 17.0 Å². The van der Waals surface area contributed by atoms with Gasteiger partial charge in [0.15, 0.2) is 6.10 Å². The number of nitrogens with zero attached hydrogens (tertiary/aromatic N) is 2. The number of rotatable bonds is 4. The Kier molecular flexibility index (Phi) is 5.57. The molecule has 2 rings (SSSR count). The van der Waals surface area contributed by atoms with Crippen LogP contribution in [0.5, 0.6) is 0 Å². The number of alkyl halides is 3. The van der Waals surface area contributed by atoms with Crippen molar-refractivity contribution in [2.24, 2.45) is 11.8 Å². The maximum atomic E-state index is 12.6. The smallest absolute Gasteiger partial charge is 0.383 e. The van der Waals surface area contributed by atoms with E-state index in [-0.39, 0.29) is 37.8 Å². The molecule has 2 unspecified atom stereocenters. The standard InChI is InChI=1S/C16H23F3N2O3/c1-9(8-13-10(2)20-24-11(13)3)15(23)21-6-4-12(5-7-21)14(22)16(17,18)19/h9,12,14,22H,4-8H2,1-3H3. The molecular formula is C16H23F3N2O3. The van der Waals surface area contributed by atoms with Crippen molar-refractivity contribution in [3.8, 4) is 0 Å². The Balaban J connectivity index is 1.90. The molecule has 1 saturated heterocycles. The maximum Gasteiger partial charge on any atom is 0.414 e. The molecule has 1 fully saturated rings. The van der Waals surface area contributed by atoms with E-state index in [2.05, 4.69) is 5.16 Å². The fourth-order valence-electron chi connectivity index (χ4n) is 3.20. The molecular weight excluding hydrogens is 325 g/mol. The molecule has 1 aliphatic heterocycles. The zero-order valence-corrected chi connectivity index (χ0v) is 14.1. The summed E-state index contributed by atoms with van der Waals surface area (Å²) in [7, 11) is 0. The molecule has 1 amide bonds. The average Bonchev–Trinajstić information content (AvgIpc) is 2.84. The van der Waals surface area contributed by atoms with E-state index in [1.54, 1.807) is 18.7 Å². The molecule has 1 aromatic heterocycles. The third-order valence-corrected chi connectivity index (χ3v) is 4.75. The van der Waals surface area contributed by atoms with Crippen LogP contribution in [-0.2, 0) is 11.2 Å². The Morgan fingerprint density at radius 3 is 2.42 bits per heavy atom. The number of piperidine rings is 1. The first-order chi connectivity index (χ1) is 11.1. The number of aryl methyl sites for hydroxylation is 2. The molecule has 0 aromatic carbocycles. The van der Waals surface area contributed by atoms with E-state index in [4.69, 9.17) is 4.52 Å². The van der Waals surface area contributed by atoms with E-state index in [1.807, 2.05) is 6.92 Å². The summed E-state index contributed by atoms with van der Waals surface area (Å²) in [5.74, 6) is -0.549. The Morgan fingerprint density at radius 2 is 1.96 bits per heavy atom. The minimum absolute atomic E-state index is 0.0880. The molecule has 24 heavy (non-hydrogen) atoms. The van der Waals surface area contributed by atoms with E-state index < -0.39 is 18.2 Å². The predicted octanol–water partition coefficient (Wildman–Crippen LogP) is 2.63. The summed E-state index contributed by atoms with van der Waals surface area (Å²) < 4.78 is 42.8. The highest BCUT2D eigenvalue weighted by Crippen LogP contribution is 2.32. The van der Waals surface area contributed by atoms with Gasteiger partial charge in [-0.2, -0.15) is 13.2 Å². The minimum atomic E-state index is -4.60. The first-order valence-corrected chi connectivity index (χ1v) is 8.06. The topological polar surface area (TPSA) is 66.6 Å². The SMILES string of the molecule is Cc1noc(C)c1CC(C)C(=O)N1CCC(C(O)C(F)(F)F)CC1. The fourth-order valence-corrected chi connectivity index (χ4v) is 3.20. The molecule has 8 heteroatoms. The molecule has 5 nitrogen and oxygen atoms in total. The second-order valence-electron chi connectivity index (χ2n) is 6.56. The van der Waals surface area contributed by atoms with Crippen molar-refractivity contribution in [2.75, 3.05) is 13.1 Å². The summed E-state index contributed by atoms with van der Waals surface area (Å²) in [5.41, 5.74) is 1.65. The van der Waals surface area contributed by atoms with Crippen LogP contribution in [0.4, 0.5) is 13.2 Å². The first kappa shape index (κ1) is 18.8. The van der Waals surface area contributed by atoms with Gasteiger partial charge in [0.1, 0.15) is 5.76 Å². The number of carbonyl (C=O) groups excluding carboxylic acids is 1. The van der Waals surface area contributed by atoms with Gasteiger partial charge < -0.3 is 14.5 Å². The third-order valence-electron chi connectivity index (χ3n) is 4.75. The largest absolute Gasteiger partial charge is 0.414 e. The van der Waals surface area contributed by atoms with Crippen LogP contribution in [0.2, 0.25) is 0 Å². The third kappa shape index (κ3) is 4.09. The molecule has 0 spiro atoms. The highest BCUT2D eigenvalue weighted by atomic mass is 19.4. The van der Waals surface area contributed by atoms with Crippen LogP contribution >= 0.6 is 0 Å². The Morgan fingerprint density at radius 1 is 1.38 bits per heavy atom. The van der Waals surface area contributed by atoms with E-state index in [0.29, 0.717) is 12.2 Å². The summed E-state index contributed by atoms with van der Waals surface area (Å²) in [5, 5.41) is 13.2. The van der Waals surface area contributed by atoms with Gasteiger partial charge >= 0.3 is 6.18 Å². The van der Waals surface area contributed by atoms with E-state index in [0.717, 1.165) is 11.3 Å². The van der Waals surface area contributed by atoms with Gasteiger partial charge in [0.05, 0.1) is 5.69 Å². The molecule has 0 aliphatic carbocycles. The number of hydrogen-bond donors (Lipinski definition) is 1. The highest BCUT2D eigenvalue weighted by Gasteiger charge is 2.44. The van der Waals surface area contributed by atoms with E-state index >= 15 is 0 Å². The summed E-state index contributed by atoms with van der Waals surface area (Å²) in [6.45, 7) is 5.87. The van der Waals surface area contributed by atoms with Crippen LogP contribution in [-0.4, -0.2) is 46.4 Å². The average molecular weight is 348 g/mol. The molecule has 1 aliphatic rings. The fraction of sp³-hybridized carbons (Fsp3) is 0.750. The van der Waals surface area contributed by atoms with Gasteiger partial charge in [-0.05, 0) is 39.0 Å². The van der Waals surface area contributed by atoms with Crippen molar-refractivity contribution < 1.29 is 27.6 Å². The molecule has 1 N–H and O–H groups in total. The molecule has 2 heterocycles. The van der Waals surface area contributed by atoms with Crippen LogP contribution < -0.4 is 0 Å². The van der Waals surface area contributed by atoms with Gasteiger partial charge in [-0.15, -0.1) is 0 Å². The van der Waals surface area contributed by atoms with Crippen LogP contribution in [0.25, 0.3) is 0 Å². The van der Waals surface area contributed by atoms with Crippen molar-refractivity contribution in [3.63, 3.8) is 0 Å². The van der Waals surface area contributed by atoms with Crippen LogP contribution in [0.1, 0.15) is 36.8 Å². The Hall–Kier alpha value is -1.57. The van der Waals surface area contributed by atoms with Crippen LogP contribution in [0.3, 0.4) is 0 Å². The first-order valence-electron chi connectivity index (χ1n) is 8.06. The number of amides is 1. The second kappa shape index (κ2) is 7.13. The monoisotopic (exact) mass is 348 g/mol. The maximum absolute atomic E-state index is 12.6. The van der Waals surface area contributed by atoms with Crippen LogP contribution in [0, 0.1) is 25.7 Å². The number of likely N-dealkylation sites (tertiary alicyclic amines) is 1. The number of hydrogen-bond acceptors (Lipinski definition) is 4.